The van der Waals surface area contributed by atoms with E-state index >= 15 is 0 Å². The summed E-state index contributed by atoms with van der Waals surface area (Å²) in [6, 6.07) is 9.39. The molecule has 0 amide bonds. The van der Waals surface area contributed by atoms with Gasteiger partial charge in [0, 0.05) is 15.6 Å². The minimum atomic E-state index is 0. The van der Waals surface area contributed by atoms with Crippen LogP contribution in [0.15, 0.2) is 34.7 Å². The van der Waals surface area contributed by atoms with Gasteiger partial charge in [-0.15, -0.1) is 12.4 Å². The normalized spacial score (nSPS) is 10.6. The quantitative estimate of drug-likeness (QED) is 0.490. The summed E-state index contributed by atoms with van der Waals surface area (Å²) in [4.78, 5) is 0. The van der Waals surface area contributed by atoms with E-state index in [-0.39, 0.29) is 12.4 Å². The van der Waals surface area contributed by atoms with Crippen LogP contribution in [-0.4, -0.2) is 6.54 Å². The fourth-order valence-corrected chi connectivity index (χ4v) is 2.92. The average molecular weight is 377 g/mol. The number of furan rings is 1. The Kier molecular flexibility index (Phi) is 9.73. The summed E-state index contributed by atoms with van der Waals surface area (Å²) in [5.74, 6) is 1.73. The molecule has 0 spiro atoms. The van der Waals surface area contributed by atoms with E-state index in [0.29, 0.717) is 10.0 Å². The second kappa shape index (κ2) is 11.0. The van der Waals surface area contributed by atoms with Crippen LogP contribution in [0.3, 0.4) is 0 Å². The van der Waals surface area contributed by atoms with Crippen LogP contribution >= 0.6 is 35.6 Å². The van der Waals surface area contributed by atoms with E-state index in [9.17, 15) is 0 Å². The Morgan fingerprint density at radius 2 is 1.65 bits per heavy atom. The van der Waals surface area contributed by atoms with Gasteiger partial charge in [0.25, 0.3) is 0 Å². The van der Waals surface area contributed by atoms with E-state index < -0.39 is 0 Å². The molecule has 1 heterocycles. The van der Waals surface area contributed by atoms with E-state index in [1.165, 1.54) is 32.1 Å². The van der Waals surface area contributed by atoms with Crippen molar-refractivity contribution in [3.63, 3.8) is 0 Å². The fourth-order valence-electron chi connectivity index (χ4n) is 2.39. The maximum Gasteiger partial charge on any atom is 0.134 e. The Balaban J connectivity index is 0.00000264. The minimum absolute atomic E-state index is 0. The van der Waals surface area contributed by atoms with Crippen molar-refractivity contribution in [1.29, 1.82) is 0 Å². The highest BCUT2D eigenvalue weighted by Gasteiger charge is 2.06. The first-order valence-electron chi connectivity index (χ1n) is 7.95. The van der Waals surface area contributed by atoms with Gasteiger partial charge in [-0.3, -0.25) is 0 Å². The molecule has 0 aliphatic carbocycles. The SMILES string of the molecule is CCCCCCCNCc1ccc(-c2cc(Cl)cc(Cl)c2)o1.Cl. The largest absolute Gasteiger partial charge is 0.460 e. The third-order valence-corrected chi connectivity index (χ3v) is 4.00. The molecule has 0 unspecified atom stereocenters. The first kappa shape index (κ1) is 20.4. The number of nitrogens with one attached hydrogen (secondary N) is 1. The molecule has 0 radical (unpaired) electrons. The van der Waals surface area contributed by atoms with Crippen molar-refractivity contribution in [2.45, 2.75) is 45.6 Å². The average Bonchev–Trinajstić information content (AvgIpc) is 2.94. The van der Waals surface area contributed by atoms with E-state index in [0.717, 1.165) is 30.2 Å². The molecule has 128 valence electrons. The lowest BCUT2D eigenvalue weighted by Gasteiger charge is -2.03. The predicted octanol–water partition coefficient (Wildman–Crippen LogP) is 6.74. The molecule has 2 aromatic rings. The van der Waals surface area contributed by atoms with E-state index in [1.54, 1.807) is 6.07 Å². The van der Waals surface area contributed by atoms with Crippen molar-refractivity contribution in [2.75, 3.05) is 6.54 Å². The molecule has 0 aliphatic heterocycles. The first-order chi connectivity index (χ1) is 10.7. The second-order valence-electron chi connectivity index (χ2n) is 5.52. The lowest BCUT2D eigenvalue weighted by atomic mass is 10.1. The van der Waals surface area contributed by atoms with Crippen LogP contribution in [0.5, 0.6) is 0 Å². The molecule has 0 atom stereocenters. The van der Waals surface area contributed by atoms with Crippen LogP contribution in [0.1, 0.15) is 44.8 Å². The lowest BCUT2D eigenvalue weighted by Crippen LogP contribution is -2.14. The van der Waals surface area contributed by atoms with Gasteiger partial charge in [0.15, 0.2) is 0 Å². The van der Waals surface area contributed by atoms with Gasteiger partial charge >= 0.3 is 0 Å². The fraction of sp³-hybridized carbons (Fsp3) is 0.444. The molecule has 23 heavy (non-hydrogen) atoms. The molecule has 1 N–H and O–H groups in total. The van der Waals surface area contributed by atoms with Gasteiger partial charge < -0.3 is 9.73 Å². The van der Waals surface area contributed by atoms with Crippen LogP contribution in [-0.2, 0) is 6.54 Å². The summed E-state index contributed by atoms with van der Waals surface area (Å²) in [6.07, 6.45) is 6.47. The lowest BCUT2D eigenvalue weighted by molar-refractivity contribution is 0.486. The minimum Gasteiger partial charge on any atom is -0.460 e. The van der Waals surface area contributed by atoms with Gasteiger partial charge in [-0.2, -0.15) is 0 Å². The maximum absolute atomic E-state index is 6.02. The third-order valence-electron chi connectivity index (χ3n) is 3.57. The van der Waals surface area contributed by atoms with Crippen LogP contribution < -0.4 is 5.32 Å². The summed E-state index contributed by atoms with van der Waals surface area (Å²) in [6.45, 7) is 4.02. The number of unbranched alkanes of at least 4 members (excludes halogenated alkanes) is 4. The summed E-state index contributed by atoms with van der Waals surface area (Å²) < 4.78 is 5.85. The Bertz CT molecular complexity index is 563. The highest BCUT2D eigenvalue weighted by atomic mass is 35.5. The Morgan fingerprint density at radius 1 is 0.957 bits per heavy atom. The molecule has 2 nitrogen and oxygen atoms in total. The maximum atomic E-state index is 6.02. The molecule has 1 aromatic heterocycles. The molecule has 0 saturated carbocycles. The molecular weight excluding hydrogens is 353 g/mol. The second-order valence-corrected chi connectivity index (χ2v) is 6.39. The Labute approximate surface area is 155 Å². The molecule has 0 saturated heterocycles. The summed E-state index contributed by atoms with van der Waals surface area (Å²) in [7, 11) is 0. The molecule has 0 bridgehead atoms. The number of hydrogen-bond donors (Lipinski definition) is 1. The van der Waals surface area contributed by atoms with Crippen molar-refractivity contribution in [1.82, 2.24) is 5.32 Å². The van der Waals surface area contributed by atoms with E-state index in [2.05, 4.69) is 12.2 Å². The summed E-state index contributed by atoms with van der Waals surface area (Å²) in [5.41, 5.74) is 0.906. The summed E-state index contributed by atoms with van der Waals surface area (Å²) >= 11 is 12.0. The highest BCUT2D eigenvalue weighted by Crippen LogP contribution is 2.28. The molecule has 1 aromatic carbocycles. The topological polar surface area (TPSA) is 25.2 Å². The van der Waals surface area contributed by atoms with Crippen molar-refractivity contribution >= 4 is 35.6 Å². The molecule has 5 heteroatoms. The van der Waals surface area contributed by atoms with Gasteiger partial charge in [0.05, 0.1) is 6.54 Å². The van der Waals surface area contributed by atoms with Crippen LogP contribution in [0.2, 0.25) is 10.0 Å². The summed E-state index contributed by atoms with van der Waals surface area (Å²) in [5, 5.41) is 4.65. The zero-order chi connectivity index (χ0) is 15.8. The Morgan fingerprint density at radius 3 is 2.35 bits per heavy atom. The van der Waals surface area contributed by atoms with Crippen LogP contribution in [0.25, 0.3) is 11.3 Å². The molecular formula is C18H24Cl3NO. The molecule has 2 rings (SSSR count). The Hall–Kier alpha value is -0.670. The van der Waals surface area contributed by atoms with Crippen molar-refractivity contribution in [3.8, 4) is 11.3 Å². The van der Waals surface area contributed by atoms with Gasteiger partial charge in [-0.1, -0.05) is 55.8 Å². The van der Waals surface area contributed by atoms with E-state index in [1.807, 2.05) is 24.3 Å². The molecule has 0 aliphatic rings. The van der Waals surface area contributed by atoms with E-state index in [4.69, 9.17) is 27.6 Å². The van der Waals surface area contributed by atoms with Gasteiger partial charge in [0.2, 0.25) is 0 Å². The monoisotopic (exact) mass is 375 g/mol. The number of benzene rings is 1. The highest BCUT2D eigenvalue weighted by molar-refractivity contribution is 6.35. The van der Waals surface area contributed by atoms with Gasteiger partial charge in [0.1, 0.15) is 11.5 Å². The van der Waals surface area contributed by atoms with Gasteiger partial charge in [-0.25, -0.2) is 0 Å². The molecule has 0 fully saturated rings. The number of halogens is 3. The van der Waals surface area contributed by atoms with Gasteiger partial charge in [-0.05, 0) is 43.3 Å². The number of hydrogen-bond acceptors (Lipinski definition) is 2. The van der Waals surface area contributed by atoms with Crippen molar-refractivity contribution < 1.29 is 4.42 Å². The standard InChI is InChI=1S/C18H23Cl2NO.ClH/c1-2-3-4-5-6-9-21-13-17-7-8-18(22-17)14-10-15(19)12-16(20)11-14;/h7-8,10-12,21H,2-6,9,13H2,1H3;1H. The number of rotatable bonds is 9. The predicted molar refractivity (Wildman–Crippen MR) is 102 cm³/mol. The third kappa shape index (κ3) is 7.17. The smallest absolute Gasteiger partial charge is 0.134 e. The zero-order valence-electron chi connectivity index (χ0n) is 13.4. The zero-order valence-corrected chi connectivity index (χ0v) is 15.7. The first-order valence-corrected chi connectivity index (χ1v) is 8.70. The van der Waals surface area contributed by atoms with Crippen molar-refractivity contribution in [2.24, 2.45) is 0 Å². The van der Waals surface area contributed by atoms with Crippen LogP contribution in [0.4, 0.5) is 0 Å². The van der Waals surface area contributed by atoms with Crippen molar-refractivity contribution in [3.05, 3.63) is 46.1 Å². The van der Waals surface area contributed by atoms with Crippen LogP contribution in [0, 0.1) is 0 Å².